The van der Waals surface area contributed by atoms with E-state index in [1.165, 1.54) is 0 Å². The fourth-order valence-corrected chi connectivity index (χ4v) is 1.83. The van der Waals surface area contributed by atoms with Gasteiger partial charge in [-0.3, -0.25) is 9.78 Å². The number of carbonyl (C=O) groups is 1. The van der Waals surface area contributed by atoms with Crippen molar-refractivity contribution >= 4 is 5.91 Å². The Hall–Kier alpha value is -1.42. The summed E-state index contributed by atoms with van der Waals surface area (Å²) in [5.74, 6) is 0.0634. The summed E-state index contributed by atoms with van der Waals surface area (Å²) in [6.45, 7) is 3.31. The lowest BCUT2D eigenvalue weighted by molar-refractivity contribution is 0.0790. The molecule has 1 aliphatic rings. The molecule has 4 nitrogen and oxygen atoms in total. The van der Waals surface area contributed by atoms with Gasteiger partial charge in [-0.1, -0.05) is 0 Å². The van der Waals surface area contributed by atoms with Gasteiger partial charge in [-0.05, 0) is 25.5 Å². The Kier molecular flexibility index (Phi) is 2.68. The first kappa shape index (κ1) is 10.1. The number of aryl methyl sites for hydroxylation is 1. The Labute approximate surface area is 89.1 Å². The number of pyridine rings is 1. The van der Waals surface area contributed by atoms with E-state index in [1.54, 1.807) is 17.2 Å². The van der Waals surface area contributed by atoms with E-state index in [0.29, 0.717) is 12.1 Å². The summed E-state index contributed by atoms with van der Waals surface area (Å²) in [5.41, 5.74) is 7.33. The molecule has 1 aromatic rings. The molecule has 2 N–H and O–H groups in total. The van der Waals surface area contributed by atoms with Crippen LogP contribution in [0.5, 0.6) is 0 Å². The van der Waals surface area contributed by atoms with E-state index < -0.39 is 0 Å². The number of hydrogen-bond acceptors (Lipinski definition) is 3. The van der Waals surface area contributed by atoms with Crippen LogP contribution in [0.1, 0.15) is 22.5 Å². The Morgan fingerprint density at radius 2 is 2.47 bits per heavy atom. The van der Waals surface area contributed by atoms with E-state index in [2.05, 4.69) is 4.98 Å². The molecule has 1 unspecified atom stereocenters. The van der Waals surface area contributed by atoms with Gasteiger partial charge >= 0.3 is 0 Å². The number of hydrogen-bond donors (Lipinski definition) is 1. The van der Waals surface area contributed by atoms with Crippen LogP contribution in [0.25, 0.3) is 0 Å². The SMILES string of the molecule is Cc1cc(C(=O)N2CCC(N)C2)ccn1. The molecule has 1 saturated heterocycles. The highest BCUT2D eigenvalue weighted by molar-refractivity contribution is 5.94. The van der Waals surface area contributed by atoms with Crippen molar-refractivity contribution in [3.63, 3.8) is 0 Å². The quantitative estimate of drug-likeness (QED) is 0.729. The zero-order valence-electron chi connectivity index (χ0n) is 8.81. The first-order chi connectivity index (χ1) is 7.16. The van der Waals surface area contributed by atoms with E-state index in [9.17, 15) is 4.79 Å². The lowest BCUT2D eigenvalue weighted by atomic mass is 10.2. The Morgan fingerprint density at radius 3 is 3.07 bits per heavy atom. The van der Waals surface area contributed by atoms with Crippen LogP contribution in [0.15, 0.2) is 18.3 Å². The summed E-state index contributed by atoms with van der Waals surface area (Å²) in [6.07, 6.45) is 2.56. The van der Waals surface area contributed by atoms with E-state index in [4.69, 9.17) is 5.73 Å². The Morgan fingerprint density at radius 1 is 1.67 bits per heavy atom. The topological polar surface area (TPSA) is 59.2 Å². The van der Waals surface area contributed by atoms with E-state index in [-0.39, 0.29) is 11.9 Å². The first-order valence-corrected chi connectivity index (χ1v) is 5.14. The van der Waals surface area contributed by atoms with Gasteiger partial charge < -0.3 is 10.6 Å². The molecule has 0 aromatic carbocycles. The second kappa shape index (κ2) is 3.98. The van der Waals surface area contributed by atoms with E-state index >= 15 is 0 Å². The molecule has 80 valence electrons. The average Bonchev–Trinajstić information content (AvgIpc) is 2.64. The molecule has 1 aliphatic heterocycles. The van der Waals surface area contributed by atoms with Gasteiger partial charge in [0, 0.05) is 36.6 Å². The first-order valence-electron chi connectivity index (χ1n) is 5.14. The molecule has 1 fully saturated rings. The molecule has 1 atom stereocenters. The maximum absolute atomic E-state index is 12.0. The van der Waals surface area contributed by atoms with Gasteiger partial charge in [0.05, 0.1) is 0 Å². The smallest absolute Gasteiger partial charge is 0.254 e. The highest BCUT2D eigenvalue weighted by Gasteiger charge is 2.24. The Balaban J connectivity index is 2.14. The number of nitrogens with two attached hydrogens (primary N) is 1. The second-order valence-corrected chi connectivity index (χ2v) is 3.99. The number of likely N-dealkylation sites (tertiary alicyclic amines) is 1. The minimum absolute atomic E-state index is 0.0634. The van der Waals surface area contributed by atoms with Crippen LogP contribution in [0, 0.1) is 6.92 Å². The minimum Gasteiger partial charge on any atom is -0.337 e. The fraction of sp³-hybridized carbons (Fsp3) is 0.455. The highest BCUT2D eigenvalue weighted by Crippen LogP contribution is 2.12. The van der Waals surface area contributed by atoms with Crippen molar-refractivity contribution in [3.05, 3.63) is 29.6 Å². The summed E-state index contributed by atoms with van der Waals surface area (Å²) >= 11 is 0. The third kappa shape index (κ3) is 2.15. The van der Waals surface area contributed by atoms with Crippen molar-refractivity contribution in [1.29, 1.82) is 0 Å². The molecule has 2 rings (SSSR count). The van der Waals surface area contributed by atoms with E-state index in [0.717, 1.165) is 18.7 Å². The van der Waals surface area contributed by atoms with Crippen molar-refractivity contribution < 1.29 is 4.79 Å². The highest BCUT2D eigenvalue weighted by atomic mass is 16.2. The zero-order valence-corrected chi connectivity index (χ0v) is 8.81. The largest absolute Gasteiger partial charge is 0.337 e. The maximum atomic E-state index is 12.0. The third-order valence-corrected chi connectivity index (χ3v) is 2.66. The molecule has 1 amide bonds. The van der Waals surface area contributed by atoms with E-state index in [1.807, 2.05) is 13.0 Å². The van der Waals surface area contributed by atoms with Crippen LogP contribution in [0.2, 0.25) is 0 Å². The third-order valence-electron chi connectivity index (χ3n) is 2.66. The van der Waals surface area contributed by atoms with Gasteiger partial charge in [-0.15, -0.1) is 0 Å². The molecule has 0 radical (unpaired) electrons. The van der Waals surface area contributed by atoms with Crippen LogP contribution in [-0.4, -0.2) is 34.9 Å². The second-order valence-electron chi connectivity index (χ2n) is 3.99. The zero-order chi connectivity index (χ0) is 10.8. The number of aromatic nitrogens is 1. The van der Waals surface area contributed by atoms with Crippen molar-refractivity contribution in [2.45, 2.75) is 19.4 Å². The minimum atomic E-state index is 0.0634. The standard InChI is InChI=1S/C11H15N3O/c1-8-6-9(2-4-13-8)11(15)14-5-3-10(12)7-14/h2,4,6,10H,3,5,7,12H2,1H3. The Bertz CT molecular complexity index is 378. The normalized spacial score (nSPS) is 20.7. The summed E-state index contributed by atoms with van der Waals surface area (Å²) in [7, 11) is 0. The number of carbonyl (C=O) groups excluding carboxylic acids is 1. The van der Waals surface area contributed by atoms with Crippen molar-refractivity contribution in [3.8, 4) is 0 Å². The van der Waals surface area contributed by atoms with Gasteiger partial charge in [0.1, 0.15) is 0 Å². The molecule has 15 heavy (non-hydrogen) atoms. The van der Waals surface area contributed by atoms with Crippen LogP contribution in [0.4, 0.5) is 0 Å². The summed E-state index contributed by atoms with van der Waals surface area (Å²) in [4.78, 5) is 17.9. The van der Waals surface area contributed by atoms with Crippen molar-refractivity contribution in [2.75, 3.05) is 13.1 Å². The molecule has 1 aromatic heterocycles. The van der Waals surface area contributed by atoms with Gasteiger partial charge in [0.25, 0.3) is 5.91 Å². The van der Waals surface area contributed by atoms with Gasteiger partial charge in [-0.25, -0.2) is 0 Å². The number of rotatable bonds is 1. The lowest BCUT2D eigenvalue weighted by Gasteiger charge is -2.15. The van der Waals surface area contributed by atoms with Crippen LogP contribution in [0.3, 0.4) is 0 Å². The van der Waals surface area contributed by atoms with Gasteiger partial charge in [0.2, 0.25) is 0 Å². The summed E-state index contributed by atoms with van der Waals surface area (Å²) in [5, 5.41) is 0. The molecule has 0 bridgehead atoms. The predicted molar refractivity (Wildman–Crippen MR) is 57.5 cm³/mol. The van der Waals surface area contributed by atoms with Gasteiger partial charge in [0.15, 0.2) is 0 Å². The van der Waals surface area contributed by atoms with Crippen LogP contribution in [-0.2, 0) is 0 Å². The molecular weight excluding hydrogens is 190 g/mol. The summed E-state index contributed by atoms with van der Waals surface area (Å²) < 4.78 is 0. The molecule has 0 aliphatic carbocycles. The molecule has 4 heteroatoms. The summed E-state index contributed by atoms with van der Waals surface area (Å²) in [6, 6.07) is 3.70. The maximum Gasteiger partial charge on any atom is 0.254 e. The monoisotopic (exact) mass is 205 g/mol. The number of amides is 1. The van der Waals surface area contributed by atoms with Crippen molar-refractivity contribution in [1.82, 2.24) is 9.88 Å². The molecule has 0 spiro atoms. The number of nitrogens with zero attached hydrogens (tertiary/aromatic N) is 2. The molecule has 2 heterocycles. The predicted octanol–water partition coefficient (Wildman–Crippen LogP) is 0.563. The van der Waals surface area contributed by atoms with Gasteiger partial charge in [-0.2, -0.15) is 0 Å². The lowest BCUT2D eigenvalue weighted by Crippen LogP contribution is -2.31. The van der Waals surface area contributed by atoms with Crippen LogP contribution < -0.4 is 5.73 Å². The molecule has 0 saturated carbocycles. The van der Waals surface area contributed by atoms with Crippen molar-refractivity contribution in [2.24, 2.45) is 5.73 Å². The van der Waals surface area contributed by atoms with Crippen LogP contribution >= 0.6 is 0 Å². The average molecular weight is 205 g/mol. The molecular formula is C11H15N3O. The fourth-order valence-electron chi connectivity index (χ4n) is 1.83.